The SMILES string of the molecule is Cc1cc(OCc2ccc(C(F)(F)F)cc2)cc(C)c1NC(=O)CC(C)(C)C. The average Bonchev–Trinajstić information content (AvgIpc) is 2.54. The molecule has 28 heavy (non-hydrogen) atoms. The maximum Gasteiger partial charge on any atom is 0.416 e. The average molecular weight is 393 g/mol. The summed E-state index contributed by atoms with van der Waals surface area (Å²) in [5, 5.41) is 2.96. The highest BCUT2D eigenvalue weighted by molar-refractivity contribution is 5.92. The second kappa shape index (κ2) is 8.25. The molecule has 0 saturated carbocycles. The Kier molecular flexibility index (Phi) is 6.42. The Hall–Kier alpha value is -2.50. The summed E-state index contributed by atoms with van der Waals surface area (Å²) in [6.45, 7) is 9.93. The molecule has 0 fully saturated rings. The molecule has 0 radical (unpaired) electrons. The molecular formula is C22H26F3NO2. The van der Waals surface area contributed by atoms with Gasteiger partial charge in [0.15, 0.2) is 0 Å². The summed E-state index contributed by atoms with van der Waals surface area (Å²) in [7, 11) is 0. The van der Waals surface area contributed by atoms with Crippen molar-refractivity contribution in [3.05, 3.63) is 58.7 Å². The topological polar surface area (TPSA) is 38.3 Å². The number of benzene rings is 2. The van der Waals surface area contributed by atoms with Gasteiger partial charge in [-0.25, -0.2) is 0 Å². The molecule has 0 heterocycles. The molecule has 0 unspecified atom stereocenters. The van der Waals surface area contributed by atoms with Gasteiger partial charge in [-0.2, -0.15) is 13.2 Å². The Bertz CT molecular complexity index is 811. The van der Waals surface area contributed by atoms with Crippen molar-refractivity contribution in [2.75, 3.05) is 5.32 Å². The van der Waals surface area contributed by atoms with E-state index >= 15 is 0 Å². The third-order valence-electron chi connectivity index (χ3n) is 4.15. The minimum absolute atomic E-state index is 0.0443. The van der Waals surface area contributed by atoms with E-state index in [2.05, 4.69) is 5.32 Å². The second-order valence-corrected chi connectivity index (χ2v) is 8.20. The number of ether oxygens (including phenoxy) is 1. The summed E-state index contributed by atoms with van der Waals surface area (Å²) in [5.41, 5.74) is 2.35. The van der Waals surface area contributed by atoms with Crippen molar-refractivity contribution in [3.63, 3.8) is 0 Å². The monoisotopic (exact) mass is 393 g/mol. The standard InChI is InChI=1S/C22H26F3NO2/c1-14-10-18(11-15(2)20(14)26-19(27)12-21(3,4)5)28-13-16-6-8-17(9-7-16)22(23,24)25/h6-11H,12-13H2,1-5H3,(H,26,27). The number of amides is 1. The number of carbonyl (C=O) groups excluding carboxylic acids is 1. The number of halogens is 3. The fraction of sp³-hybridized carbons (Fsp3) is 0.409. The molecule has 1 amide bonds. The van der Waals surface area contributed by atoms with Gasteiger partial charge in [0, 0.05) is 12.1 Å². The quantitative estimate of drug-likeness (QED) is 0.650. The van der Waals surface area contributed by atoms with Crippen molar-refractivity contribution < 1.29 is 22.7 Å². The number of aryl methyl sites for hydroxylation is 2. The Balaban J connectivity index is 2.05. The fourth-order valence-electron chi connectivity index (χ4n) is 2.83. The van der Waals surface area contributed by atoms with Gasteiger partial charge in [0.1, 0.15) is 12.4 Å². The number of anilines is 1. The van der Waals surface area contributed by atoms with E-state index in [1.165, 1.54) is 12.1 Å². The molecule has 0 aliphatic heterocycles. The normalized spacial score (nSPS) is 12.0. The van der Waals surface area contributed by atoms with Gasteiger partial charge in [0.2, 0.25) is 5.91 Å². The minimum atomic E-state index is -4.35. The van der Waals surface area contributed by atoms with Gasteiger partial charge in [-0.15, -0.1) is 0 Å². The molecule has 0 aliphatic carbocycles. The van der Waals surface area contributed by atoms with E-state index in [0.29, 0.717) is 17.7 Å². The fourth-order valence-corrected chi connectivity index (χ4v) is 2.83. The largest absolute Gasteiger partial charge is 0.489 e. The summed E-state index contributed by atoms with van der Waals surface area (Å²) in [6, 6.07) is 8.52. The van der Waals surface area contributed by atoms with Gasteiger partial charge < -0.3 is 10.1 Å². The van der Waals surface area contributed by atoms with Crippen LogP contribution < -0.4 is 10.1 Å². The molecule has 0 saturated heterocycles. The highest BCUT2D eigenvalue weighted by Crippen LogP contribution is 2.30. The van der Waals surface area contributed by atoms with Crippen LogP contribution in [-0.2, 0) is 17.6 Å². The smallest absolute Gasteiger partial charge is 0.416 e. The van der Waals surface area contributed by atoms with Crippen molar-refractivity contribution in [2.45, 2.75) is 53.8 Å². The molecule has 2 rings (SSSR count). The Morgan fingerprint density at radius 3 is 2.00 bits per heavy atom. The van der Waals surface area contributed by atoms with Crippen LogP contribution in [0.2, 0.25) is 0 Å². The van der Waals surface area contributed by atoms with Gasteiger partial charge >= 0.3 is 6.18 Å². The van der Waals surface area contributed by atoms with E-state index in [-0.39, 0.29) is 17.9 Å². The van der Waals surface area contributed by atoms with E-state index in [0.717, 1.165) is 28.9 Å². The van der Waals surface area contributed by atoms with Crippen molar-refractivity contribution in [2.24, 2.45) is 5.41 Å². The van der Waals surface area contributed by atoms with Crippen LogP contribution >= 0.6 is 0 Å². The van der Waals surface area contributed by atoms with Gasteiger partial charge in [-0.1, -0.05) is 32.9 Å². The summed E-state index contributed by atoms with van der Waals surface area (Å²) in [6.07, 6.45) is -3.93. The number of hydrogen-bond acceptors (Lipinski definition) is 2. The molecule has 152 valence electrons. The number of nitrogens with one attached hydrogen (secondary N) is 1. The Morgan fingerprint density at radius 2 is 1.54 bits per heavy atom. The lowest BCUT2D eigenvalue weighted by Crippen LogP contribution is -2.20. The maximum atomic E-state index is 12.6. The molecule has 3 nitrogen and oxygen atoms in total. The molecule has 6 heteroatoms. The number of hydrogen-bond donors (Lipinski definition) is 1. The molecule has 0 bridgehead atoms. The van der Waals surface area contributed by atoms with E-state index < -0.39 is 11.7 Å². The summed E-state index contributed by atoms with van der Waals surface area (Å²) >= 11 is 0. The van der Waals surface area contributed by atoms with Crippen LogP contribution in [0.3, 0.4) is 0 Å². The zero-order valence-corrected chi connectivity index (χ0v) is 16.8. The molecule has 1 N–H and O–H groups in total. The van der Waals surface area contributed by atoms with Crippen LogP contribution in [0.5, 0.6) is 5.75 Å². The highest BCUT2D eigenvalue weighted by atomic mass is 19.4. The van der Waals surface area contributed by atoms with Crippen LogP contribution in [0.25, 0.3) is 0 Å². The maximum absolute atomic E-state index is 12.6. The lowest BCUT2D eigenvalue weighted by atomic mass is 9.92. The van der Waals surface area contributed by atoms with E-state index in [4.69, 9.17) is 4.74 Å². The van der Waals surface area contributed by atoms with Crippen molar-refractivity contribution >= 4 is 11.6 Å². The van der Waals surface area contributed by atoms with Crippen LogP contribution in [0, 0.1) is 19.3 Å². The molecule has 2 aromatic carbocycles. The van der Waals surface area contributed by atoms with E-state index in [1.54, 1.807) is 0 Å². The predicted molar refractivity (Wildman–Crippen MR) is 104 cm³/mol. The highest BCUT2D eigenvalue weighted by Gasteiger charge is 2.29. The van der Waals surface area contributed by atoms with Gasteiger partial charge in [-0.05, 0) is 60.2 Å². The number of alkyl halides is 3. The summed E-state index contributed by atoms with van der Waals surface area (Å²) in [5.74, 6) is 0.556. The molecule has 0 aliphatic rings. The third-order valence-corrected chi connectivity index (χ3v) is 4.15. The molecule has 0 aromatic heterocycles. The number of carbonyl (C=O) groups is 1. The molecular weight excluding hydrogens is 367 g/mol. The van der Waals surface area contributed by atoms with Crippen molar-refractivity contribution in [1.82, 2.24) is 0 Å². The van der Waals surface area contributed by atoms with Crippen LogP contribution in [0.4, 0.5) is 18.9 Å². The zero-order valence-electron chi connectivity index (χ0n) is 16.8. The van der Waals surface area contributed by atoms with Crippen LogP contribution in [0.15, 0.2) is 36.4 Å². The lowest BCUT2D eigenvalue weighted by Gasteiger charge is -2.19. The second-order valence-electron chi connectivity index (χ2n) is 8.20. The van der Waals surface area contributed by atoms with Gasteiger partial charge in [0.25, 0.3) is 0 Å². The summed E-state index contributed by atoms with van der Waals surface area (Å²) in [4.78, 5) is 12.2. The minimum Gasteiger partial charge on any atom is -0.489 e. The molecule has 0 spiro atoms. The van der Waals surface area contributed by atoms with Crippen LogP contribution in [-0.4, -0.2) is 5.91 Å². The van der Waals surface area contributed by atoms with Crippen LogP contribution in [0.1, 0.15) is 49.4 Å². The van der Waals surface area contributed by atoms with Gasteiger partial charge in [-0.3, -0.25) is 4.79 Å². The first-order valence-electron chi connectivity index (χ1n) is 9.05. The molecule has 2 aromatic rings. The van der Waals surface area contributed by atoms with E-state index in [9.17, 15) is 18.0 Å². The summed E-state index contributed by atoms with van der Waals surface area (Å²) < 4.78 is 43.6. The van der Waals surface area contributed by atoms with Crippen molar-refractivity contribution in [3.8, 4) is 5.75 Å². The lowest BCUT2D eigenvalue weighted by molar-refractivity contribution is -0.137. The molecule has 0 atom stereocenters. The van der Waals surface area contributed by atoms with Crippen molar-refractivity contribution in [1.29, 1.82) is 0 Å². The zero-order chi connectivity index (χ0) is 21.1. The van der Waals surface area contributed by atoms with Gasteiger partial charge in [0.05, 0.1) is 5.56 Å². The number of rotatable bonds is 5. The first-order chi connectivity index (χ1) is 12.8. The first kappa shape index (κ1) is 21.8. The Labute approximate surface area is 163 Å². The Morgan fingerprint density at radius 1 is 1.00 bits per heavy atom. The van der Waals surface area contributed by atoms with E-state index in [1.807, 2.05) is 46.8 Å². The predicted octanol–water partition coefficient (Wildman–Crippen LogP) is 6.28. The first-order valence-corrected chi connectivity index (χ1v) is 9.05. The third kappa shape index (κ3) is 6.29.